The van der Waals surface area contributed by atoms with E-state index in [1.54, 1.807) is 13.8 Å². The number of carbonyl (C=O) groups is 1. The molecule has 0 aromatic carbocycles. The highest BCUT2D eigenvalue weighted by atomic mass is 32.1. The highest BCUT2D eigenvalue weighted by Gasteiger charge is 2.17. The third-order valence-electron chi connectivity index (χ3n) is 2.86. The van der Waals surface area contributed by atoms with Crippen LogP contribution in [-0.2, 0) is 4.74 Å². The Morgan fingerprint density at radius 1 is 1.12 bits per heavy atom. The molecule has 2 aromatic heterocycles. The Kier molecular flexibility index (Phi) is 6.45. The summed E-state index contributed by atoms with van der Waals surface area (Å²) in [7, 11) is 0. The normalized spacial score (nSPS) is 10.6. The minimum Gasteiger partial charge on any atom is -0.462 e. The molecule has 0 amide bonds. The molecule has 25 heavy (non-hydrogen) atoms. The van der Waals surface area contributed by atoms with Crippen molar-refractivity contribution < 1.29 is 9.53 Å². The predicted molar refractivity (Wildman–Crippen MR) is 98.8 cm³/mol. The van der Waals surface area contributed by atoms with Crippen molar-refractivity contribution in [3.05, 3.63) is 10.6 Å². The van der Waals surface area contributed by atoms with Gasteiger partial charge in [0.2, 0.25) is 17.8 Å². The van der Waals surface area contributed by atoms with Gasteiger partial charge in [0.1, 0.15) is 4.88 Å². The highest BCUT2D eigenvalue weighted by Crippen LogP contribution is 2.26. The Hall–Kier alpha value is -2.49. The van der Waals surface area contributed by atoms with E-state index in [0.717, 1.165) is 0 Å². The zero-order valence-corrected chi connectivity index (χ0v) is 15.8. The summed E-state index contributed by atoms with van der Waals surface area (Å²) in [6.45, 7) is 10.5. The van der Waals surface area contributed by atoms with E-state index in [-0.39, 0.29) is 12.0 Å². The number of nitrogens with one attached hydrogen (secondary N) is 3. The molecule has 0 atom stereocenters. The number of aromatic nitrogens is 4. The van der Waals surface area contributed by atoms with E-state index in [4.69, 9.17) is 4.74 Å². The van der Waals surface area contributed by atoms with Gasteiger partial charge in [0, 0.05) is 12.6 Å². The van der Waals surface area contributed by atoms with Crippen LogP contribution in [0.15, 0.2) is 0 Å². The van der Waals surface area contributed by atoms with Gasteiger partial charge in [-0.3, -0.25) is 5.32 Å². The topological polar surface area (TPSA) is 114 Å². The molecule has 0 saturated heterocycles. The highest BCUT2D eigenvalue weighted by molar-refractivity contribution is 7.17. The second-order valence-electron chi connectivity index (χ2n) is 5.41. The van der Waals surface area contributed by atoms with Crippen LogP contribution in [0.2, 0.25) is 0 Å². The lowest BCUT2D eigenvalue weighted by molar-refractivity contribution is 0.0531. The number of hydrogen-bond acceptors (Lipinski definition) is 10. The van der Waals surface area contributed by atoms with E-state index in [0.29, 0.717) is 46.7 Å². The molecule has 0 radical (unpaired) electrons. The third-order valence-corrected chi connectivity index (χ3v) is 3.92. The van der Waals surface area contributed by atoms with Crippen molar-refractivity contribution in [2.75, 3.05) is 29.1 Å². The van der Waals surface area contributed by atoms with Crippen LogP contribution in [0.1, 0.15) is 43.1 Å². The van der Waals surface area contributed by atoms with Crippen LogP contribution in [0.4, 0.5) is 23.0 Å². The summed E-state index contributed by atoms with van der Waals surface area (Å²) in [5.41, 5.74) is 0.604. The van der Waals surface area contributed by atoms with Crippen LogP contribution < -0.4 is 16.0 Å². The largest absolute Gasteiger partial charge is 0.462 e. The minimum atomic E-state index is -0.378. The number of rotatable bonds is 8. The number of esters is 1. The monoisotopic (exact) mass is 365 g/mol. The number of carbonyl (C=O) groups excluding carboxylic acids is 1. The first-order valence-electron chi connectivity index (χ1n) is 8.11. The van der Waals surface area contributed by atoms with Crippen LogP contribution in [0.25, 0.3) is 0 Å². The second-order valence-corrected chi connectivity index (χ2v) is 6.41. The average molecular weight is 365 g/mol. The van der Waals surface area contributed by atoms with E-state index < -0.39 is 0 Å². The number of anilines is 4. The van der Waals surface area contributed by atoms with Gasteiger partial charge in [-0.05, 0) is 34.6 Å². The first-order chi connectivity index (χ1) is 11.9. The fourth-order valence-electron chi connectivity index (χ4n) is 1.92. The molecule has 2 rings (SSSR count). The lowest BCUT2D eigenvalue weighted by Crippen LogP contribution is -2.15. The molecule has 10 heteroatoms. The summed E-state index contributed by atoms with van der Waals surface area (Å²) in [6.07, 6.45) is 0. The summed E-state index contributed by atoms with van der Waals surface area (Å²) in [5, 5.41) is 9.76. The fraction of sp³-hybridized carbons (Fsp3) is 0.533. The molecule has 9 nitrogen and oxygen atoms in total. The first kappa shape index (κ1) is 18.8. The molecule has 136 valence electrons. The van der Waals surface area contributed by atoms with Gasteiger partial charge >= 0.3 is 5.97 Å². The molecule has 0 saturated carbocycles. The van der Waals surface area contributed by atoms with Crippen molar-refractivity contribution in [3.8, 4) is 0 Å². The molecule has 0 spiro atoms. The maximum atomic E-state index is 11.9. The summed E-state index contributed by atoms with van der Waals surface area (Å²) >= 11 is 1.20. The van der Waals surface area contributed by atoms with Crippen molar-refractivity contribution in [1.29, 1.82) is 0 Å². The number of nitrogens with zero attached hydrogens (tertiary/aromatic N) is 4. The molecule has 0 unspecified atom stereocenters. The Labute approximate surface area is 150 Å². The van der Waals surface area contributed by atoms with Gasteiger partial charge in [-0.15, -0.1) is 0 Å². The number of ether oxygens (including phenoxy) is 1. The van der Waals surface area contributed by atoms with E-state index in [9.17, 15) is 4.79 Å². The quantitative estimate of drug-likeness (QED) is 0.607. The first-order valence-corrected chi connectivity index (χ1v) is 8.92. The number of hydrogen-bond donors (Lipinski definition) is 3. The lowest BCUT2D eigenvalue weighted by Gasteiger charge is -2.11. The molecule has 0 aliphatic rings. The van der Waals surface area contributed by atoms with Crippen molar-refractivity contribution >= 4 is 40.3 Å². The van der Waals surface area contributed by atoms with Gasteiger partial charge in [0.25, 0.3) is 0 Å². The molecule has 2 aromatic rings. The van der Waals surface area contributed by atoms with Gasteiger partial charge in [0.15, 0.2) is 5.13 Å². The Morgan fingerprint density at radius 2 is 1.80 bits per heavy atom. The van der Waals surface area contributed by atoms with Crippen LogP contribution in [0, 0.1) is 6.92 Å². The number of aryl methyl sites for hydroxylation is 1. The lowest BCUT2D eigenvalue weighted by atomic mass is 10.4. The molecular weight excluding hydrogens is 342 g/mol. The van der Waals surface area contributed by atoms with E-state index in [2.05, 4.69) is 35.9 Å². The van der Waals surface area contributed by atoms with Crippen molar-refractivity contribution in [2.24, 2.45) is 0 Å². The molecule has 0 aliphatic heterocycles. The van der Waals surface area contributed by atoms with Gasteiger partial charge in [-0.1, -0.05) is 11.3 Å². The van der Waals surface area contributed by atoms with Crippen LogP contribution in [0.5, 0.6) is 0 Å². The second kappa shape index (κ2) is 8.56. The molecule has 0 bridgehead atoms. The van der Waals surface area contributed by atoms with Gasteiger partial charge < -0.3 is 15.4 Å². The van der Waals surface area contributed by atoms with Gasteiger partial charge in [-0.25, -0.2) is 9.78 Å². The summed E-state index contributed by atoms with van der Waals surface area (Å²) in [6, 6.07) is 0.183. The smallest absolute Gasteiger partial charge is 0.350 e. The maximum Gasteiger partial charge on any atom is 0.350 e. The Morgan fingerprint density at radius 3 is 2.44 bits per heavy atom. The van der Waals surface area contributed by atoms with Crippen LogP contribution >= 0.6 is 11.3 Å². The van der Waals surface area contributed by atoms with E-state index in [1.807, 2.05) is 20.8 Å². The van der Waals surface area contributed by atoms with E-state index >= 15 is 0 Å². The molecule has 0 fully saturated rings. The van der Waals surface area contributed by atoms with Gasteiger partial charge in [0.05, 0.1) is 12.3 Å². The summed E-state index contributed by atoms with van der Waals surface area (Å²) in [5.74, 6) is 0.888. The standard InChI is InChI=1S/C15H23N7O2S/c1-6-16-12-19-13(17-8(3)4)21-14(20-12)22-15-18-9(5)10(25-15)11(23)24-7-2/h8H,6-7H2,1-5H3,(H3,16,17,18,19,20,21,22). The van der Waals surface area contributed by atoms with Crippen molar-refractivity contribution in [2.45, 2.75) is 40.7 Å². The fourth-order valence-corrected chi connectivity index (χ4v) is 2.78. The molecular formula is C15H23N7O2S. The van der Waals surface area contributed by atoms with E-state index in [1.165, 1.54) is 11.3 Å². The Balaban J connectivity index is 2.25. The van der Waals surface area contributed by atoms with Crippen LogP contribution in [0.3, 0.4) is 0 Å². The van der Waals surface area contributed by atoms with Crippen molar-refractivity contribution in [3.63, 3.8) is 0 Å². The zero-order valence-electron chi connectivity index (χ0n) is 15.0. The van der Waals surface area contributed by atoms with Crippen molar-refractivity contribution in [1.82, 2.24) is 19.9 Å². The zero-order chi connectivity index (χ0) is 18.4. The predicted octanol–water partition coefficient (Wildman–Crippen LogP) is 2.81. The Bertz CT molecular complexity index is 733. The number of thiazole rings is 1. The maximum absolute atomic E-state index is 11.9. The minimum absolute atomic E-state index is 0.183. The van der Waals surface area contributed by atoms with Crippen LogP contribution in [-0.4, -0.2) is 45.1 Å². The molecule has 3 N–H and O–H groups in total. The van der Waals surface area contributed by atoms with Gasteiger partial charge in [-0.2, -0.15) is 15.0 Å². The molecule has 0 aliphatic carbocycles. The molecule has 2 heterocycles. The average Bonchev–Trinajstić information content (AvgIpc) is 2.87. The SMILES string of the molecule is CCNc1nc(Nc2nc(C)c(C(=O)OCC)s2)nc(NC(C)C)n1. The summed E-state index contributed by atoms with van der Waals surface area (Å²) < 4.78 is 5.03. The summed E-state index contributed by atoms with van der Waals surface area (Å²) in [4.78, 5) is 29.7. The third kappa shape index (κ3) is 5.24.